The van der Waals surface area contributed by atoms with Gasteiger partial charge in [-0.3, -0.25) is 0 Å². The first-order valence-corrected chi connectivity index (χ1v) is 7.14. The van der Waals surface area contributed by atoms with Crippen LogP contribution in [0.2, 0.25) is 5.02 Å². The predicted octanol–water partition coefficient (Wildman–Crippen LogP) is 4.51. The molecule has 0 amide bonds. The second kappa shape index (κ2) is 8.05. The Morgan fingerprint density at radius 3 is 2.74 bits per heavy atom. The van der Waals surface area contributed by atoms with Crippen LogP contribution in [0.4, 0.5) is 5.69 Å². The Kier molecular flexibility index (Phi) is 6.71. The molecule has 0 aliphatic rings. The first-order valence-electron chi connectivity index (χ1n) is 6.76. The van der Waals surface area contributed by atoms with Crippen LogP contribution >= 0.6 is 11.6 Å². The van der Waals surface area contributed by atoms with E-state index in [-0.39, 0.29) is 5.97 Å². The van der Waals surface area contributed by atoms with Crippen molar-refractivity contribution in [3.8, 4) is 0 Å². The first-order chi connectivity index (χ1) is 9.12. The fourth-order valence-electron chi connectivity index (χ4n) is 1.97. The molecule has 0 heterocycles. The van der Waals surface area contributed by atoms with Crippen LogP contribution < -0.4 is 5.32 Å². The molecule has 1 aromatic rings. The lowest BCUT2D eigenvalue weighted by Gasteiger charge is -2.20. The van der Waals surface area contributed by atoms with Gasteiger partial charge in [0.25, 0.3) is 0 Å². The zero-order chi connectivity index (χ0) is 14.3. The smallest absolute Gasteiger partial charge is 0.339 e. The average Bonchev–Trinajstić information content (AvgIpc) is 2.42. The van der Waals surface area contributed by atoms with Crippen LogP contribution in [0.15, 0.2) is 18.2 Å². The number of hydrogen-bond donors (Lipinski definition) is 1. The summed E-state index contributed by atoms with van der Waals surface area (Å²) in [5.74, 6) is -0.343. The number of anilines is 1. The van der Waals surface area contributed by atoms with Gasteiger partial charge in [-0.15, -0.1) is 0 Å². The summed E-state index contributed by atoms with van der Waals surface area (Å²) < 4.78 is 4.79. The number of unbranched alkanes of at least 4 members (excludes halogenated alkanes) is 1. The number of carbonyl (C=O) groups excluding carboxylic acids is 1. The molecule has 0 saturated heterocycles. The topological polar surface area (TPSA) is 38.3 Å². The molecule has 106 valence electrons. The predicted molar refractivity (Wildman–Crippen MR) is 80.0 cm³/mol. The minimum absolute atomic E-state index is 0.343. The Labute approximate surface area is 120 Å². The molecule has 0 spiro atoms. The number of methoxy groups -OCH3 is 1. The van der Waals surface area contributed by atoms with Crippen molar-refractivity contribution in [3.05, 3.63) is 28.8 Å². The summed E-state index contributed by atoms with van der Waals surface area (Å²) >= 11 is 6.00. The van der Waals surface area contributed by atoms with Gasteiger partial charge in [0.15, 0.2) is 0 Å². The maximum Gasteiger partial charge on any atom is 0.339 e. The minimum atomic E-state index is -0.343. The Hall–Kier alpha value is -1.22. The second-order valence-corrected chi connectivity index (χ2v) is 5.01. The largest absolute Gasteiger partial charge is 0.465 e. The number of hydrogen-bond acceptors (Lipinski definition) is 3. The van der Waals surface area contributed by atoms with Crippen LogP contribution in [-0.4, -0.2) is 19.1 Å². The summed E-state index contributed by atoms with van der Waals surface area (Å²) in [6.45, 7) is 4.31. The van der Waals surface area contributed by atoms with Crippen molar-refractivity contribution in [2.75, 3.05) is 12.4 Å². The molecule has 0 bridgehead atoms. The minimum Gasteiger partial charge on any atom is -0.465 e. The molecule has 19 heavy (non-hydrogen) atoms. The lowest BCUT2D eigenvalue weighted by molar-refractivity contribution is 0.0602. The summed E-state index contributed by atoms with van der Waals surface area (Å²) in [6.07, 6.45) is 4.42. The number of rotatable bonds is 7. The molecule has 0 radical (unpaired) electrons. The highest BCUT2D eigenvalue weighted by atomic mass is 35.5. The molecule has 1 rings (SSSR count). The lowest BCUT2D eigenvalue weighted by atomic mass is 10.1. The molecule has 1 unspecified atom stereocenters. The highest BCUT2D eigenvalue weighted by Gasteiger charge is 2.15. The van der Waals surface area contributed by atoms with Crippen LogP contribution in [0.25, 0.3) is 0 Å². The number of ether oxygens (including phenoxy) is 1. The Balaban J connectivity index is 2.90. The Bertz CT molecular complexity index is 421. The molecule has 3 nitrogen and oxygen atoms in total. The lowest BCUT2D eigenvalue weighted by Crippen LogP contribution is -2.20. The summed E-state index contributed by atoms with van der Waals surface area (Å²) in [4.78, 5) is 11.7. The van der Waals surface area contributed by atoms with E-state index in [1.807, 2.05) is 0 Å². The Morgan fingerprint density at radius 2 is 2.16 bits per heavy atom. The molecule has 0 saturated carbocycles. The monoisotopic (exact) mass is 283 g/mol. The first kappa shape index (κ1) is 15.8. The van der Waals surface area contributed by atoms with Gasteiger partial charge in [0.1, 0.15) is 0 Å². The second-order valence-electron chi connectivity index (χ2n) is 4.57. The van der Waals surface area contributed by atoms with E-state index in [1.54, 1.807) is 18.2 Å². The molecule has 0 aliphatic heterocycles. The van der Waals surface area contributed by atoms with E-state index >= 15 is 0 Å². The van der Waals surface area contributed by atoms with Crippen molar-refractivity contribution in [1.82, 2.24) is 0 Å². The van der Waals surface area contributed by atoms with Gasteiger partial charge in [-0.1, -0.05) is 38.3 Å². The number of esters is 1. The van der Waals surface area contributed by atoms with Gasteiger partial charge < -0.3 is 10.1 Å². The van der Waals surface area contributed by atoms with Crippen LogP contribution in [0.1, 0.15) is 49.9 Å². The summed E-state index contributed by atoms with van der Waals surface area (Å²) in [5.41, 5.74) is 1.28. The molecule has 0 aromatic heterocycles. The van der Waals surface area contributed by atoms with Gasteiger partial charge in [0.05, 0.1) is 18.4 Å². The van der Waals surface area contributed by atoms with E-state index in [9.17, 15) is 4.79 Å². The van der Waals surface area contributed by atoms with Gasteiger partial charge in [-0.05, 0) is 31.0 Å². The van der Waals surface area contributed by atoms with Crippen molar-refractivity contribution in [1.29, 1.82) is 0 Å². The van der Waals surface area contributed by atoms with E-state index < -0.39 is 0 Å². The molecular formula is C15H22ClNO2. The maximum absolute atomic E-state index is 11.7. The highest BCUT2D eigenvalue weighted by molar-refractivity contribution is 6.31. The van der Waals surface area contributed by atoms with Crippen molar-refractivity contribution >= 4 is 23.3 Å². The third-order valence-corrected chi connectivity index (χ3v) is 3.38. The average molecular weight is 284 g/mol. The number of benzene rings is 1. The number of nitrogens with one attached hydrogen (secondary N) is 1. The third kappa shape index (κ3) is 4.75. The van der Waals surface area contributed by atoms with E-state index in [1.165, 1.54) is 13.5 Å². The van der Waals surface area contributed by atoms with Crippen LogP contribution in [-0.2, 0) is 4.74 Å². The van der Waals surface area contributed by atoms with Gasteiger partial charge in [0, 0.05) is 11.1 Å². The number of carbonyl (C=O) groups is 1. The van der Waals surface area contributed by atoms with Gasteiger partial charge in [-0.2, -0.15) is 0 Å². The highest BCUT2D eigenvalue weighted by Crippen LogP contribution is 2.24. The van der Waals surface area contributed by atoms with Gasteiger partial charge in [-0.25, -0.2) is 4.79 Å². The molecule has 4 heteroatoms. The van der Waals surface area contributed by atoms with Crippen molar-refractivity contribution < 1.29 is 9.53 Å². The Morgan fingerprint density at radius 1 is 1.42 bits per heavy atom. The van der Waals surface area contributed by atoms with Crippen LogP contribution in [0.3, 0.4) is 0 Å². The fraction of sp³-hybridized carbons (Fsp3) is 0.533. The fourth-order valence-corrected chi connectivity index (χ4v) is 2.14. The molecular weight excluding hydrogens is 262 g/mol. The molecule has 0 fully saturated rings. The SMILES string of the molecule is CCCCC(CC)Nc1cc(Cl)ccc1C(=O)OC. The molecule has 1 N–H and O–H groups in total. The van der Waals surface area contributed by atoms with Gasteiger partial charge in [0.2, 0.25) is 0 Å². The van der Waals surface area contributed by atoms with Crippen molar-refractivity contribution in [3.63, 3.8) is 0 Å². The number of halogens is 1. The molecule has 1 atom stereocenters. The summed E-state index contributed by atoms with van der Waals surface area (Å²) in [6, 6.07) is 5.53. The van der Waals surface area contributed by atoms with Crippen LogP contribution in [0.5, 0.6) is 0 Å². The maximum atomic E-state index is 11.7. The quantitative estimate of drug-likeness (QED) is 0.748. The van der Waals surface area contributed by atoms with E-state index in [2.05, 4.69) is 19.2 Å². The van der Waals surface area contributed by atoms with Gasteiger partial charge >= 0.3 is 5.97 Å². The summed E-state index contributed by atoms with van der Waals surface area (Å²) in [7, 11) is 1.38. The zero-order valence-electron chi connectivity index (χ0n) is 11.8. The zero-order valence-corrected chi connectivity index (χ0v) is 12.6. The molecule has 1 aromatic carbocycles. The summed E-state index contributed by atoms with van der Waals surface area (Å²) in [5, 5.41) is 4.01. The standard InChI is InChI=1S/C15H22ClNO2/c1-4-6-7-12(5-2)17-14-10-11(16)8-9-13(14)15(18)19-3/h8-10,12,17H,4-7H2,1-3H3. The van der Waals surface area contributed by atoms with Crippen molar-refractivity contribution in [2.45, 2.75) is 45.6 Å². The van der Waals surface area contributed by atoms with E-state index in [4.69, 9.17) is 16.3 Å². The van der Waals surface area contributed by atoms with Crippen molar-refractivity contribution in [2.24, 2.45) is 0 Å². The van der Waals surface area contributed by atoms with E-state index in [0.29, 0.717) is 16.6 Å². The van der Waals surface area contributed by atoms with E-state index in [0.717, 1.165) is 24.9 Å². The van der Waals surface area contributed by atoms with Crippen LogP contribution in [0, 0.1) is 0 Å². The molecule has 0 aliphatic carbocycles. The normalized spacial score (nSPS) is 12.0. The third-order valence-electron chi connectivity index (χ3n) is 3.15.